The summed E-state index contributed by atoms with van der Waals surface area (Å²) in [5.74, 6) is 0.844. The molecule has 0 fully saturated rings. The van der Waals surface area contributed by atoms with Crippen molar-refractivity contribution in [3.05, 3.63) is 29.8 Å². The zero-order valence-electron chi connectivity index (χ0n) is 10.3. The van der Waals surface area contributed by atoms with E-state index in [1.165, 1.54) is 0 Å². The minimum atomic E-state index is -0.0943. The van der Waals surface area contributed by atoms with E-state index < -0.39 is 0 Å². The largest absolute Gasteiger partial charge is 0.488 e. The lowest BCUT2D eigenvalue weighted by atomic mass is 9.97. The Balaban J connectivity index is 2.75. The van der Waals surface area contributed by atoms with Gasteiger partial charge in [-0.25, -0.2) is 0 Å². The fraction of sp³-hybridized carbons (Fsp3) is 0.500. The molecule has 1 aromatic rings. The number of hydrogen-bond donors (Lipinski definition) is 0. The molecular weight excluding hydrogens is 198 g/mol. The molecule has 1 atom stereocenters. The maximum absolute atomic E-state index is 8.70. The molecule has 0 spiro atoms. The molecule has 1 aromatic carbocycles. The minimum absolute atomic E-state index is 0.0943. The zero-order chi connectivity index (χ0) is 12.0. The summed E-state index contributed by atoms with van der Waals surface area (Å²) >= 11 is 0. The molecule has 0 aliphatic heterocycles. The molecule has 0 aromatic heterocycles. The van der Waals surface area contributed by atoms with Crippen LogP contribution in [0.1, 0.15) is 45.6 Å². The van der Waals surface area contributed by atoms with E-state index in [1.807, 2.05) is 12.1 Å². The molecule has 0 heterocycles. The molecule has 0 radical (unpaired) electrons. The monoisotopic (exact) mass is 217 g/mol. The van der Waals surface area contributed by atoms with Crippen molar-refractivity contribution in [2.75, 3.05) is 0 Å². The maximum Gasteiger partial charge on any atom is 0.120 e. The standard InChI is InChI=1S/C14H19NO/c1-4-10-14(3,5-2)16-13-8-6-12(11-15)7-9-13/h6-9H,4-5,10H2,1-3H3. The molecule has 86 valence electrons. The number of nitriles is 1. The van der Waals surface area contributed by atoms with Crippen LogP contribution in [-0.4, -0.2) is 5.60 Å². The van der Waals surface area contributed by atoms with Crippen LogP contribution in [0.3, 0.4) is 0 Å². The fourth-order valence-corrected chi connectivity index (χ4v) is 1.71. The van der Waals surface area contributed by atoms with Crippen molar-refractivity contribution in [3.8, 4) is 11.8 Å². The molecule has 2 heteroatoms. The number of nitrogens with zero attached hydrogens (tertiary/aromatic N) is 1. The number of rotatable bonds is 5. The Hall–Kier alpha value is -1.49. The predicted octanol–water partition coefficient (Wildman–Crippen LogP) is 3.91. The van der Waals surface area contributed by atoms with Gasteiger partial charge in [0.25, 0.3) is 0 Å². The van der Waals surface area contributed by atoms with Crippen molar-refractivity contribution < 1.29 is 4.74 Å². The highest BCUT2D eigenvalue weighted by Crippen LogP contribution is 2.25. The van der Waals surface area contributed by atoms with Gasteiger partial charge in [0.05, 0.1) is 11.6 Å². The molecule has 0 aliphatic carbocycles. The van der Waals surface area contributed by atoms with E-state index in [9.17, 15) is 0 Å². The quantitative estimate of drug-likeness (QED) is 0.749. The van der Waals surface area contributed by atoms with E-state index in [4.69, 9.17) is 10.00 Å². The Morgan fingerprint density at radius 2 is 1.88 bits per heavy atom. The molecule has 1 unspecified atom stereocenters. The van der Waals surface area contributed by atoms with Crippen LogP contribution in [0, 0.1) is 11.3 Å². The van der Waals surface area contributed by atoms with Crippen molar-refractivity contribution in [2.24, 2.45) is 0 Å². The van der Waals surface area contributed by atoms with Gasteiger partial charge in [-0.3, -0.25) is 0 Å². The van der Waals surface area contributed by atoms with Crippen LogP contribution in [0.15, 0.2) is 24.3 Å². The number of hydrogen-bond acceptors (Lipinski definition) is 2. The summed E-state index contributed by atoms with van der Waals surface area (Å²) in [6, 6.07) is 9.41. The van der Waals surface area contributed by atoms with Gasteiger partial charge < -0.3 is 4.74 Å². The van der Waals surface area contributed by atoms with E-state index in [0.29, 0.717) is 5.56 Å². The normalized spacial score (nSPS) is 13.9. The Bertz CT molecular complexity index is 363. The third-order valence-electron chi connectivity index (χ3n) is 2.87. The lowest BCUT2D eigenvalue weighted by molar-refractivity contribution is 0.0741. The first kappa shape index (κ1) is 12.6. The first-order valence-electron chi connectivity index (χ1n) is 5.82. The molecule has 0 bridgehead atoms. The van der Waals surface area contributed by atoms with Crippen molar-refractivity contribution in [3.63, 3.8) is 0 Å². The highest BCUT2D eigenvalue weighted by atomic mass is 16.5. The predicted molar refractivity (Wildman–Crippen MR) is 65.4 cm³/mol. The molecule has 2 nitrogen and oxygen atoms in total. The molecular formula is C14H19NO. The van der Waals surface area contributed by atoms with Crippen molar-refractivity contribution in [1.29, 1.82) is 5.26 Å². The van der Waals surface area contributed by atoms with Crippen LogP contribution < -0.4 is 4.74 Å². The number of ether oxygens (including phenoxy) is 1. The van der Waals surface area contributed by atoms with Gasteiger partial charge in [-0.15, -0.1) is 0 Å². The third-order valence-corrected chi connectivity index (χ3v) is 2.87. The van der Waals surface area contributed by atoms with Crippen molar-refractivity contribution >= 4 is 0 Å². The summed E-state index contributed by atoms with van der Waals surface area (Å²) in [4.78, 5) is 0. The second-order valence-corrected chi connectivity index (χ2v) is 4.29. The topological polar surface area (TPSA) is 33.0 Å². The lowest BCUT2D eigenvalue weighted by Crippen LogP contribution is -2.31. The lowest BCUT2D eigenvalue weighted by Gasteiger charge is -2.29. The second kappa shape index (κ2) is 5.55. The van der Waals surface area contributed by atoms with Crippen molar-refractivity contribution in [1.82, 2.24) is 0 Å². The first-order valence-corrected chi connectivity index (χ1v) is 5.82. The van der Waals surface area contributed by atoms with Crippen LogP contribution in [0.5, 0.6) is 5.75 Å². The molecule has 0 amide bonds. The summed E-state index contributed by atoms with van der Waals surface area (Å²) in [6.45, 7) is 6.43. The first-order chi connectivity index (χ1) is 7.63. The van der Waals surface area contributed by atoms with E-state index >= 15 is 0 Å². The Labute approximate surface area is 97.9 Å². The average molecular weight is 217 g/mol. The highest BCUT2D eigenvalue weighted by molar-refractivity contribution is 5.34. The zero-order valence-corrected chi connectivity index (χ0v) is 10.3. The van der Waals surface area contributed by atoms with Gasteiger partial charge in [-0.05, 0) is 44.0 Å². The van der Waals surface area contributed by atoms with Gasteiger partial charge >= 0.3 is 0 Å². The third kappa shape index (κ3) is 3.27. The molecule has 0 aliphatic rings. The van der Waals surface area contributed by atoms with Gasteiger partial charge in [0.15, 0.2) is 0 Å². The van der Waals surface area contributed by atoms with Crippen LogP contribution in [-0.2, 0) is 0 Å². The molecule has 0 saturated carbocycles. The summed E-state index contributed by atoms with van der Waals surface area (Å²) in [5, 5.41) is 8.70. The van der Waals surface area contributed by atoms with Gasteiger partial charge in [0.1, 0.15) is 11.4 Å². The highest BCUT2D eigenvalue weighted by Gasteiger charge is 2.22. The van der Waals surface area contributed by atoms with E-state index in [-0.39, 0.29) is 5.60 Å². The van der Waals surface area contributed by atoms with E-state index in [2.05, 4.69) is 26.8 Å². The smallest absolute Gasteiger partial charge is 0.120 e. The SMILES string of the molecule is CCCC(C)(CC)Oc1ccc(C#N)cc1. The summed E-state index contributed by atoms with van der Waals surface area (Å²) in [5.41, 5.74) is 0.573. The minimum Gasteiger partial charge on any atom is -0.488 e. The molecule has 1 rings (SSSR count). The van der Waals surface area contributed by atoms with Crippen LogP contribution in [0.4, 0.5) is 0 Å². The summed E-state index contributed by atoms with van der Waals surface area (Å²) < 4.78 is 5.98. The van der Waals surface area contributed by atoms with Crippen molar-refractivity contribution in [2.45, 2.75) is 45.6 Å². The Morgan fingerprint density at radius 1 is 1.25 bits per heavy atom. The second-order valence-electron chi connectivity index (χ2n) is 4.29. The molecule has 0 saturated heterocycles. The van der Waals surface area contributed by atoms with E-state index in [0.717, 1.165) is 25.0 Å². The summed E-state index contributed by atoms with van der Waals surface area (Å²) in [6.07, 6.45) is 3.14. The van der Waals surface area contributed by atoms with Crippen LogP contribution >= 0.6 is 0 Å². The Morgan fingerprint density at radius 3 is 2.31 bits per heavy atom. The molecule has 16 heavy (non-hydrogen) atoms. The van der Waals surface area contributed by atoms with Crippen LogP contribution in [0.2, 0.25) is 0 Å². The fourth-order valence-electron chi connectivity index (χ4n) is 1.71. The maximum atomic E-state index is 8.70. The summed E-state index contributed by atoms with van der Waals surface area (Å²) in [7, 11) is 0. The Kier molecular flexibility index (Phi) is 4.37. The van der Waals surface area contributed by atoms with Gasteiger partial charge in [-0.2, -0.15) is 5.26 Å². The van der Waals surface area contributed by atoms with E-state index in [1.54, 1.807) is 12.1 Å². The number of benzene rings is 1. The van der Waals surface area contributed by atoms with Gasteiger partial charge in [-0.1, -0.05) is 20.3 Å². The van der Waals surface area contributed by atoms with Gasteiger partial charge in [0, 0.05) is 0 Å². The molecule has 0 N–H and O–H groups in total. The van der Waals surface area contributed by atoms with Gasteiger partial charge in [0.2, 0.25) is 0 Å². The van der Waals surface area contributed by atoms with Crippen LogP contribution in [0.25, 0.3) is 0 Å². The average Bonchev–Trinajstić information content (AvgIpc) is 2.30.